The van der Waals surface area contributed by atoms with Gasteiger partial charge in [0, 0.05) is 30.3 Å². The van der Waals surface area contributed by atoms with Crippen molar-refractivity contribution in [1.29, 1.82) is 0 Å². The quantitative estimate of drug-likeness (QED) is 0.384. The third-order valence-corrected chi connectivity index (χ3v) is 4.65. The first kappa shape index (κ1) is 20.0. The van der Waals surface area contributed by atoms with Crippen LogP contribution in [0.4, 0.5) is 10.5 Å². The number of carbonyl (C=O) groups is 2. The van der Waals surface area contributed by atoms with Gasteiger partial charge in [0.25, 0.3) is 5.69 Å². The molecule has 9 nitrogen and oxygen atoms in total. The number of thiol groups is 1. The van der Waals surface area contributed by atoms with Crippen molar-refractivity contribution in [2.75, 3.05) is 6.54 Å². The summed E-state index contributed by atoms with van der Waals surface area (Å²) in [6, 6.07) is 5.58. The Morgan fingerprint density at radius 1 is 1.50 bits per heavy atom. The monoisotopic (exact) mass is 383 g/mol. The molecule has 10 heteroatoms. The van der Waals surface area contributed by atoms with Crippen LogP contribution in [-0.2, 0) is 16.1 Å². The highest BCUT2D eigenvalue weighted by Crippen LogP contribution is 2.36. The molecule has 0 aromatic heterocycles. The molecule has 1 aromatic rings. The number of aliphatic hydroxyl groups is 1. The summed E-state index contributed by atoms with van der Waals surface area (Å²) in [4.78, 5) is 35.9. The molecular weight excluding hydrogens is 362 g/mol. The minimum absolute atomic E-state index is 0.00791. The predicted molar refractivity (Wildman–Crippen MR) is 95.6 cm³/mol. The van der Waals surface area contributed by atoms with Gasteiger partial charge in [-0.15, -0.1) is 0 Å². The molecule has 0 saturated carbocycles. The normalized spacial score (nSPS) is 23.5. The molecule has 2 rings (SSSR count). The number of benzene rings is 1. The van der Waals surface area contributed by atoms with E-state index in [1.165, 1.54) is 36.1 Å². The van der Waals surface area contributed by atoms with Gasteiger partial charge in [0.05, 0.1) is 11.0 Å². The maximum atomic E-state index is 12.5. The van der Waals surface area contributed by atoms with Crippen LogP contribution in [0.5, 0.6) is 0 Å². The smallest absolute Gasteiger partial charge is 0.411 e. The lowest BCUT2D eigenvalue weighted by atomic mass is 9.89. The Labute approximate surface area is 155 Å². The molecule has 2 amide bonds. The highest BCUT2D eigenvalue weighted by atomic mass is 32.1. The second kappa shape index (κ2) is 7.92. The van der Waals surface area contributed by atoms with E-state index in [-0.39, 0.29) is 36.9 Å². The van der Waals surface area contributed by atoms with Gasteiger partial charge >= 0.3 is 6.09 Å². The Morgan fingerprint density at radius 2 is 2.12 bits per heavy atom. The third-order valence-electron chi connectivity index (χ3n) is 4.30. The fourth-order valence-corrected chi connectivity index (χ4v) is 3.62. The zero-order valence-electron chi connectivity index (χ0n) is 14.2. The standard InChI is InChI=1S/C16H21N3O6S/c1-10(20)6-16(14(17)21)7-13(26)8-18(16)15(22)25-9-11-2-4-12(5-3-11)19(23)24/h2-5,10,13,20,26H,6-9H2,1H3,(H2,17,21)/t10-,13-,16-/m0/s1. The van der Waals surface area contributed by atoms with Crippen molar-refractivity contribution in [2.24, 2.45) is 5.73 Å². The average Bonchev–Trinajstić information content (AvgIpc) is 2.90. The van der Waals surface area contributed by atoms with Crippen LogP contribution in [0.1, 0.15) is 25.3 Å². The number of hydrogen-bond acceptors (Lipinski definition) is 7. The minimum Gasteiger partial charge on any atom is -0.445 e. The molecule has 3 N–H and O–H groups in total. The fourth-order valence-electron chi connectivity index (χ4n) is 3.15. The van der Waals surface area contributed by atoms with Crippen LogP contribution >= 0.6 is 12.6 Å². The van der Waals surface area contributed by atoms with E-state index in [0.717, 1.165) is 0 Å². The number of likely N-dealkylation sites (tertiary alicyclic amines) is 1. The second-order valence-electron chi connectivity index (χ2n) is 6.40. The number of nitrogens with two attached hydrogens (primary N) is 1. The minimum atomic E-state index is -1.35. The van der Waals surface area contributed by atoms with Crippen molar-refractivity contribution in [3.05, 3.63) is 39.9 Å². The molecule has 0 bridgehead atoms. The number of aliphatic hydroxyl groups excluding tert-OH is 1. The average molecular weight is 383 g/mol. The van der Waals surface area contributed by atoms with Crippen molar-refractivity contribution >= 4 is 30.3 Å². The molecule has 0 unspecified atom stereocenters. The number of hydrogen-bond donors (Lipinski definition) is 3. The van der Waals surface area contributed by atoms with Crippen LogP contribution in [0.3, 0.4) is 0 Å². The number of nitro groups is 1. The van der Waals surface area contributed by atoms with E-state index >= 15 is 0 Å². The number of non-ortho nitro benzene ring substituents is 1. The molecule has 142 valence electrons. The largest absolute Gasteiger partial charge is 0.445 e. The van der Waals surface area contributed by atoms with E-state index in [9.17, 15) is 24.8 Å². The molecule has 0 aliphatic carbocycles. The zero-order valence-corrected chi connectivity index (χ0v) is 15.1. The molecule has 1 heterocycles. The lowest BCUT2D eigenvalue weighted by Gasteiger charge is -2.35. The Hall–Kier alpha value is -2.33. The molecule has 1 saturated heterocycles. The van der Waals surface area contributed by atoms with Crippen LogP contribution in [0.2, 0.25) is 0 Å². The van der Waals surface area contributed by atoms with E-state index in [1.54, 1.807) is 0 Å². The maximum Gasteiger partial charge on any atom is 0.411 e. The number of nitrogens with zero attached hydrogens (tertiary/aromatic N) is 2. The van der Waals surface area contributed by atoms with Gasteiger partial charge in [-0.3, -0.25) is 19.8 Å². The third kappa shape index (κ3) is 4.25. The molecule has 1 fully saturated rings. The van der Waals surface area contributed by atoms with Crippen molar-refractivity contribution in [3.8, 4) is 0 Å². The number of amides is 2. The summed E-state index contributed by atoms with van der Waals surface area (Å²) < 4.78 is 5.24. The summed E-state index contributed by atoms with van der Waals surface area (Å²) in [7, 11) is 0. The number of nitro benzene ring substituents is 1. The van der Waals surface area contributed by atoms with Gasteiger partial charge in [0.1, 0.15) is 12.1 Å². The number of primary amides is 1. The van der Waals surface area contributed by atoms with Crippen molar-refractivity contribution < 1.29 is 24.4 Å². The van der Waals surface area contributed by atoms with Crippen LogP contribution in [0, 0.1) is 10.1 Å². The number of rotatable bonds is 6. The second-order valence-corrected chi connectivity index (χ2v) is 7.13. The van der Waals surface area contributed by atoms with E-state index in [4.69, 9.17) is 10.5 Å². The van der Waals surface area contributed by atoms with Crippen LogP contribution in [0.15, 0.2) is 24.3 Å². The van der Waals surface area contributed by atoms with Gasteiger partial charge in [-0.1, -0.05) is 0 Å². The first-order chi connectivity index (χ1) is 12.2. The molecule has 26 heavy (non-hydrogen) atoms. The molecule has 1 aliphatic heterocycles. The van der Waals surface area contributed by atoms with Gasteiger partial charge in [0.15, 0.2) is 0 Å². The Kier molecular flexibility index (Phi) is 6.09. The summed E-state index contributed by atoms with van der Waals surface area (Å²) in [6.45, 7) is 1.56. The molecule has 0 spiro atoms. The molecule has 3 atom stereocenters. The Bertz CT molecular complexity index is 696. The van der Waals surface area contributed by atoms with Crippen molar-refractivity contribution in [3.63, 3.8) is 0 Å². The topological polar surface area (TPSA) is 136 Å². The number of carbonyl (C=O) groups excluding carboxylic acids is 2. The number of ether oxygens (including phenoxy) is 1. The van der Waals surface area contributed by atoms with Crippen LogP contribution in [-0.4, -0.2) is 50.4 Å². The molecule has 1 aromatic carbocycles. The lowest BCUT2D eigenvalue weighted by molar-refractivity contribution is -0.384. The van der Waals surface area contributed by atoms with E-state index in [2.05, 4.69) is 12.6 Å². The lowest BCUT2D eigenvalue weighted by Crippen LogP contribution is -2.57. The fraction of sp³-hybridized carbons (Fsp3) is 0.500. The van der Waals surface area contributed by atoms with Crippen LogP contribution in [0.25, 0.3) is 0 Å². The summed E-state index contributed by atoms with van der Waals surface area (Å²) in [5, 5.41) is 20.1. The van der Waals surface area contributed by atoms with Crippen molar-refractivity contribution in [1.82, 2.24) is 4.90 Å². The highest BCUT2D eigenvalue weighted by molar-refractivity contribution is 7.81. The first-order valence-corrected chi connectivity index (χ1v) is 8.51. The van der Waals surface area contributed by atoms with Gasteiger partial charge < -0.3 is 15.6 Å². The van der Waals surface area contributed by atoms with E-state index in [0.29, 0.717) is 5.56 Å². The van der Waals surface area contributed by atoms with Crippen molar-refractivity contribution in [2.45, 2.75) is 43.3 Å². The van der Waals surface area contributed by atoms with Gasteiger partial charge in [-0.2, -0.15) is 12.6 Å². The zero-order chi connectivity index (χ0) is 19.5. The van der Waals surface area contributed by atoms with Gasteiger partial charge in [0.2, 0.25) is 5.91 Å². The maximum absolute atomic E-state index is 12.5. The molecule has 0 radical (unpaired) electrons. The summed E-state index contributed by atoms with van der Waals surface area (Å²) in [5.74, 6) is -0.720. The predicted octanol–water partition coefficient (Wildman–Crippen LogP) is 1.23. The van der Waals surface area contributed by atoms with E-state index in [1.807, 2.05) is 0 Å². The molecule has 1 aliphatic rings. The van der Waals surface area contributed by atoms with Crippen LogP contribution < -0.4 is 5.73 Å². The highest BCUT2D eigenvalue weighted by Gasteiger charge is 2.52. The molecular formula is C16H21N3O6S. The van der Waals surface area contributed by atoms with Gasteiger partial charge in [-0.25, -0.2) is 4.79 Å². The first-order valence-electron chi connectivity index (χ1n) is 7.99. The summed E-state index contributed by atoms with van der Waals surface area (Å²) in [6.07, 6.45) is -1.37. The Morgan fingerprint density at radius 3 is 2.62 bits per heavy atom. The SMILES string of the molecule is C[C@H](O)C[C@@]1(C(N)=O)C[C@H](S)CN1C(=O)OCc1ccc([N+](=O)[O-])cc1. The summed E-state index contributed by atoms with van der Waals surface area (Å²) >= 11 is 4.34. The Balaban J connectivity index is 2.10. The van der Waals surface area contributed by atoms with Gasteiger partial charge in [-0.05, 0) is 31.0 Å². The van der Waals surface area contributed by atoms with E-state index < -0.39 is 28.6 Å². The summed E-state index contributed by atoms with van der Waals surface area (Å²) in [5.41, 5.74) is 4.67.